The van der Waals surface area contributed by atoms with Crippen molar-refractivity contribution >= 4 is 11.3 Å². The van der Waals surface area contributed by atoms with Gasteiger partial charge >= 0.3 is 0 Å². The lowest BCUT2D eigenvalue weighted by Crippen LogP contribution is -2.33. The number of aryl methyl sites for hydroxylation is 1. The summed E-state index contributed by atoms with van der Waals surface area (Å²) >= 11 is 1.70. The van der Waals surface area contributed by atoms with E-state index < -0.39 is 0 Å². The van der Waals surface area contributed by atoms with Crippen molar-refractivity contribution in [1.82, 2.24) is 10.3 Å². The molecule has 1 heterocycles. The molecule has 2 aromatic rings. The molecule has 3 nitrogen and oxygen atoms in total. The lowest BCUT2D eigenvalue weighted by atomic mass is 10.1. The highest BCUT2D eigenvalue weighted by Gasteiger charge is 2.06. The monoisotopic (exact) mass is 290 g/mol. The fraction of sp³-hybridized carbons (Fsp3) is 0.438. The van der Waals surface area contributed by atoms with E-state index in [4.69, 9.17) is 5.11 Å². The van der Waals surface area contributed by atoms with E-state index in [0.29, 0.717) is 0 Å². The Bertz CT molecular complexity index is 518. The largest absolute Gasteiger partial charge is 0.395 e. The second-order valence-electron chi connectivity index (χ2n) is 4.98. The quantitative estimate of drug-likeness (QED) is 0.824. The number of rotatable bonds is 7. The highest BCUT2D eigenvalue weighted by atomic mass is 32.1. The summed E-state index contributed by atoms with van der Waals surface area (Å²) in [6.45, 7) is 5.23. The Morgan fingerprint density at radius 3 is 2.70 bits per heavy atom. The molecule has 0 amide bonds. The number of thiazole rings is 1. The second kappa shape index (κ2) is 7.53. The first-order valence-electron chi connectivity index (χ1n) is 7.08. The van der Waals surface area contributed by atoms with E-state index in [0.717, 1.165) is 30.1 Å². The van der Waals surface area contributed by atoms with Gasteiger partial charge in [-0.2, -0.15) is 0 Å². The van der Waals surface area contributed by atoms with Gasteiger partial charge in [0.05, 0.1) is 17.3 Å². The molecule has 4 heteroatoms. The third-order valence-corrected chi connectivity index (χ3v) is 4.29. The van der Waals surface area contributed by atoms with Crippen LogP contribution in [0.2, 0.25) is 0 Å². The summed E-state index contributed by atoms with van der Waals surface area (Å²) in [5.41, 5.74) is 3.50. The number of aliphatic hydroxyl groups is 1. The molecule has 1 aromatic carbocycles. The summed E-state index contributed by atoms with van der Waals surface area (Å²) in [5, 5.41) is 15.7. The topological polar surface area (TPSA) is 45.1 Å². The zero-order valence-corrected chi connectivity index (χ0v) is 12.9. The maximum atomic E-state index is 9.12. The molecular weight excluding hydrogens is 268 g/mol. The van der Waals surface area contributed by atoms with Gasteiger partial charge in [-0.05, 0) is 13.3 Å². The third kappa shape index (κ3) is 4.13. The molecule has 2 rings (SSSR count). The van der Waals surface area contributed by atoms with Crippen LogP contribution < -0.4 is 5.32 Å². The molecule has 0 fully saturated rings. The van der Waals surface area contributed by atoms with Crippen LogP contribution >= 0.6 is 11.3 Å². The predicted octanol–water partition coefficient (Wildman–Crippen LogP) is 3.02. The van der Waals surface area contributed by atoms with Crippen molar-refractivity contribution in [2.24, 2.45) is 0 Å². The lowest BCUT2D eigenvalue weighted by Gasteiger charge is -2.12. The summed E-state index contributed by atoms with van der Waals surface area (Å²) in [5.74, 6) is 0. The molecule has 20 heavy (non-hydrogen) atoms. The second-order valence-corrected chi connectivity index (χ2v) is 5.93. The number of hydrogen-bond donors (Lipinski definition) is 2. The van der Waals surface area contributed by atoms with Crippen LogP contribution in [-0.4, -0.2) is 29.3 Å². The number of aliphatic hydroxyl groups excluding tert-OH is 1. The van der Waals surface area contributed by atoms with Crippen LogP contribution in [0.1, 0.15) is 23.9 Å². The standard InChI is InChI=1S/C16H22N2OS/c1-3-14(10-19)17-9-8-16-18-15(11-20-16)13-6-4-12(2)5-7-13/h4-7,11,14,17,19H,3,8-10H2,1-2H3. The van der Waals surface area contributed by atoms with Crippen LogP contribution in [0.5, 0.6) is 0 Å². The maximum absolute atomic E-state index is 9.12. The van der Waals surface area contributed by atoms with Gasteiger partial charge in [0.2, 0.25) is 0 Å². The van der Waals surface area contributed by atoms with Crippen molar-refractivity contribution < 1.29 is 5.11 Å². The van der Waals surface area contributed by atoms with E-state index in [-0.39, 0.29) is 12.6 Å². The predicted molar refractivity (Wildman–Crippen MR) is 85.2 cm³/mol. The van der Waals surface area contributed by atoms with Gasteiger partial charge in [0.1, 0.15) is 0 Å². The number of aromatic nitrogens is 1. The summed E-state index contributed by atoms with van der Waals surface area (Å²) in [4.78, 5) is 4.67. The Hall–Kier alpha value is -1.23. The molecule has 2 N–H and O–H groups in total. The minimum absolute atomic E-state index is 0.197. The van der Waals surface area contributed by atoms with Crippen molar-refractivity contribution in [2.75, 3.05) is 13.2 Å². The average Bonchev–Trinajstić information content (AvgIpc) is 2.93. The van der Waals surface area contributed by atoms with Gasteiger partial charge in [0.25, 0.3) is 0 Å². The van der Waals surface area contributed by atoms with Crippen LogP contribution in [0.15, 0.2) is 29.6 Å². The van der Waals surface area contributed by atoms with Crippen LogP contribution in [0, 0.1) is 6.92 Å². The highest BCUT2D eigenvalue weighted by molar-refractivity contribution is 7.09. The molecule has 1 unspecified atom stereocenters. The minimum atomic E-state index is 0.197. The van der Waals surface area contributed by atoms with E-state index >= 15 is 0 Å². The SMILES string of the molecule is CCC(CO)NCCc1nc(-c2ccc(C)cc2)cs1. The van der Waals surface area contributed by atoms with Crippen molar-refractivity contribution in [1.29, 1.82) is 0 Å². The summed E-state index contributed by atoms with van der Waals surface area (Å²) in [7, 11) is 0. The first-order valence-corrected chi connectivity index (χ1v) is 7.96. The Balaban J connectivity index is 1.90. The van der Waals surface area contributed by atoms with Crippen molar-refractivity contribution in [3.05, 3.63) is 40.2 Å². The van der Waals surface area contributed by atoms with E-state index in [2.05, 4.69) is 53.8 Å². The van der Waals surface area contributed by atoms with Crippen molar-refractivity contribution in [3.63, 3.8) is 0 Å². The number of nitrogens with one attached hydrogen (secondary N) is 1. The summed E-state index contributed by atoms with van der Waals surface area (Å²) < 4.78 is 0. The molecule has 0 radical (unpaired) electrons. The molecule has 0 saturated heterocycles. The van der Waals surface area contributed by atoms with Gasteiger partial charge in [-0.25, -0.2) is 4.98 Å². The van der Waals surface area contributed by atoms with Crippen LogP contribution in [0.4, 0.5) is 0 Å². The summed E-state index contributed by atoms with van der Waals surface area (Å²) in [6, 6.07) is 8.66. The molecular formula is C16H22N2OS. The minimum Gasteiger partial charge on any atom is -0.395 e. The number of benzene rings is 1. The van der Waals surface area contributed by atoms with Crippen LogP contribution in [0.25, 0.3) is 11.3 Å². The average molecular weight is 290 g/mol. The van der Waals surface area contributed by atoms with Gasteiger partial charge in [-0.1, -0.05) is 36.8 Å². The molecule has 1 atom stereocenters. The van der Waals surface area contributed by atoms with Crippen molar-refractivity contribution in [3.8, 4) is 11.3 Å². The van der Waals surface area contributed by atoms with Crippen LogP contribution in [0.3, 0.4) is 0 Å². The molecule has 0 aliphatic heterocycles. The van der Waals surface area contributed by atoms with Crippen molar-refractivity contribution in [2.45, 2.75) is 32.7 Å². The Morgan fingerprint density at radius 1 is 1.30 bits per heavy atom. The zero-order valence-electron chi connectivity index (χ0n) is 12.1. The van der Waals surface area contributed by atoms with Gasteiger partial charge in [-0.15, -0.1) is 11.3 Å². The third-order valence-electron chi connectivity index (χ3n) is 3.38. The first kappa shape index (κ1) is 15.2. The summed E-state index contributed by atoms with van der Waals surface area (Å²) in [6.07, 6.45) is 1.86. The van der Waals surface area contributed by atoms with Gasteiger partial charge < -0.3 is 10.4 Å². The Labute approximate surface area is 124 Å². The smallest absolute Gasteiger partial charge is 0.0945 e. The molecule has 0 aliphatic rings. The molecule has 0 spiro atoms. The zero-order chi connectivity index (χ0) is 14.4. The number of hydrogen-bond acceptors (Lipinski definition) is 4. The van der Waals surface area contributed by atoms with E-state index in [1.165, 1.54) is 11.1 Å². The van der Waals surface area contributed by atoms with E-state index in [1.54, 1.807) is 11.3 Å². The molecule has 0 aliphatic carbocycles. The molecule has 0 saturated carbocycles. The van der Waals surface area contributed by atoms with Crippen LogP contribution in [-0.2, 0) is 6.42 Å². The van der Waals surface area contributed by atoms with E-state index in [1.807, 2.05) is 0 Å². The number of nitrogens with zero attached hydrogens (tertiary/aromatic N) is 1. The Morgan fingerprint density at radius 2 is 2.05 bits per heavy atom. The van der Waals surface area contributed by atoms with E-state index in [9.17, 15) is 0 Å². The molecule has 1 aromatic heterocycles. The van der Waals surface area contributed by atoms with Gasteiger partial charge in [-0.3, -0.25) is 0 Å². The Kier molecular flexibility index (Phi) is 5.71. The van der Waals surface area contributed by atoms with Gasteiger partial charge in [0.15, 0.2) is 0 Å². The molecule has 108 valence electrons. The normalized spacial score (nSPS) is 12.6. The fourth-order valence-corrected chi connectivity index (χ4v) is 2.81. The fourth-order valence-electron chi connectivity index (χ4n) is 2.00. The maximum Gasteiger partial charge on any atom is 0.0945 e. The first-order chi connectivity index (χ1) is 9.72. The molecule has 0 bridgehead atoms. The lowest BCUT2D eigenvalue weighted by molar-refractivity contribution is 0.240. The van der Waals surface area contributed by atoms with Gasteiger partial charge in [0, 0.05) is 30.0 Å². The highest BCUT2D eigenvalue weighted by Crippen LogP contribution is 2.22.